The monoisotopic (exact) mass is 444 g/mol. The zero-order valence-corrected chi connectivity index (χ0v) is 17.9. The van der Waals surface area contributed by atoms with Crippen molar-refractivity contribution >= 4 is 29.9 Å². The minimum absolute atomic E-state index is 0.0481. The average Bonchev–Trinajstić information content (AvgIpc) is 2.94. The largest absolute Gasteiger partial charge is 0.463 e. The van der Waals surface area contributed by atoms with Gasteiger partial charge in [-0.05, 0) is 26.3 Å². The number of carbonyl (C=O) groups excluding carboxylic acids is 5. The second-order valence-electron chi connectivity index (χ2n) is 7.66. The standard InChI is InChI=1S/C21H24N4O7/c1-4-31-17(27)15-13(22-19(29)23-16(15)12-8-6-5-7-9-12)11-32-14(26)10-25-18(28)21(2,3)24-20(25)30/h5-9,16H,4,10-11H2,1-3H3,(H,24,30)(H2,22,23,29). The van der Waals surface area contributed by atoms with Crippen LogP contribution in [0.4, 0.5) is 9.59 Å². The highest BCUT2D eigenvalue weighted by atomic mass is 16.5. The molecule has 0 bridgehead atoms. The van der Waals surface area contributed by atoms with Crippen molar-refractivity contribution in [1.29, 1.82) is 0 Å². The van der Waals surface area contributed by atoms with Gasteiger partial charge in [0, 0.05) is 0 Å². The smallest absolute Gasteiger partial charge is 0.338 e. The second-order valence-corrected chi connectivity index (χ2v) is 7.66. The van der Waals surface area contributed by atoms with Gasteiger partial charge in [-0.1, -0.05) is 30.3 Å². The lowest BCUT2D eigenvalue weighted by molar-refractivity contribution is -0.147. The molecule has 11 heteroatoms. The van der Waals surface area contributed by atoms with Crippen LogP contribution in [0.2, 0.25) is 0 Å². The van der Waals surface area contributed by atoms with E-state index in [9.17, 15) is 24.0 Å². The number of nitrogens with one attached hydrogen (secondary N) is 3. The Balaban J connectivity index is 1.80. The number of urea groups is 2. The van der Waals surface area contributed by atoms with E-state index in [-0.39, 0.29) is 17.9 Å². The van der Waals surface area contributed by atoms with E-state index in [0.29, 0.717) is 5.56 Å². The van der Waals surface area contributed by atoms with E-state index >= 15 is 0 Å². The van der Waals surface area contributed by atoms with Crippen LogP contribution in [0.25, 0.3) is 0 Å². The fourth-order valence-electron chi connectivity index (χ4n) is 3.37. The summed E-state index contributed by atoms with van der Waals surface area (Å²) in [6, 6.07) is 6.66. The summed E-state index contributed by atoms with van der Waals surface area (Å²) in [6.07, 6.45) is 0. The Hall–Kier alpha value is -3.89. The number of hydrogen-bond acceptors (Lipinski definition) is 7. The Kier molecular flexibility index (Phi) is 6.47. The third-order valence-corrected chi connectivity index (χ3v) is 4.89. The van der Waals surface area contributed by atoms with Gasteiger partial charge >= 0.3 is 24.0 Å². The van der Waals surface area contributed by atoms with E-state index in [4.69, 9.17) is 9.47 Å². The average molecular weight is 444 g/mol. The summed E-state index contributed by atoms with van der Waals surface area (Å²) in [5, 5.41) is 7.60. The van der Waals surface area contributed by atoms with Crippen LogP contribution in [0.5, 0.6) is 0 Å². The van der Waals surface area contributed by atoms with Gasteiger partial charge in [-0.15, -0.1) is 0 Å². The van der Waals surface area contributed by atoms with Gasteiger partial charge in [0.2, 0.25) is 0 Å². The Bertz CT molecular complexity index is 987. The minimum Gasteiger partial charge on any atom is -0.463 e. The zero-order chi connectivity index (χ0) is 23.5. The first-order chi connectivity index (χ1) is 15.1. The van der Waals surface area contributed by atoms with E-state index in [1.807, 2.05) is 0 Å². The van der Waals surface area contributed by atoms with E-state index in [2.05, 4.69) is 16.0 Å². The summed E-state index contributed by atoms with van der Waals surface area (Å²) in [5.41, 5.74) is -0.354. The second kappa shape index (κ2) is 9.08. The highest BCUT2D eigenvalue weighted by molar-refractivity contribution is 6.08. The molecular weight excluding hydrogens is 420 g/mol. The number of benzene rings is 1. The molecule has 2 heterocycles. The number of hydrogen-bond donors (Lipinski definition) is 3. The molecule has 1 aromatic rings. The number of rotatable bonds is 7. The maximum atomic E-state index is 12.7. The van der Waals surface area contributed by atoms with Crippen molar-refractivity contribution in [1.82, 2.24) is 20.9 Å². The van der Waals surface area contributed by atoms with Gasteiger partial charge in [-0.2, -0.15) is 0 Å². The molecule has 1 fully saturated rings. The molecule has 0 spiro atoms. The van der Waals surface area contributed by atoms with Crippen LogP contribution in [-0.2, 0) is 23.9 Å². The molecule has 1 unspecified atom stereocenters. The van der Waals surface area contributed by atoms with Gasteiger partial charge in [0.05, 0.1) is 23.9 Å². The third-order valence-electron chi connectivity index (χ3n) is 4.89. The zero-order valence-electron chi connectivity index (χ0n) is 17.9. The molecular formula is C21H24N4O7. The van der Waals surface area contributed by atoms with Crippen molar-refractivity contribution in [3.63, 3.8) is 0 Å². The maximum Gasteiger partial charge on any atom is 0.338 e. The molecule has 32 heavy (non-hydrogen) atoms. The van der Waals surface area contributed by atoms with Crippen molar-refractivity contribution in [2.24, 2.45) is 0 Å². The van der Waals surface area contributed by atoms with Crippen molar-refractivity contribution < 1.29 is 33.4 Å². The van der Waals surface area contributed by atoms with Crippen LogP contribution in [0.3, 0.4) is 0 Å². The van der Waals surface area contributed by atoms with Crippen LogP contribution in [0.1, 0.15) is 32.4 Å². The molecule has 1 atom stereocenters. The molecule has 0 radical (unpaired) electrons. The highest BCUT2D eigenvalue weighted by Crippen LogP contribution is 2.28. The maximum absolute atomic E-state index is 12.7. The van der Waals surface area contributed by atoms with Crippen LogP contribution < -0.4 is 16.0 Å². The predicted octanol–water partition coefficient (Wildman–Crippen LogP) is 0.731. The van der Waals surface area contributed by atoms with Crippen molar-refractivity contribution in [2.75, 3.05) is 19.8 Å². The lowest BCUT2D eigenvalue weighted by Gasteiger charge is -2.29. The number of esters is 2. The van der Waals surface area contributed by atoms with Gasteiger partial charge < -0.3 is 25.4 Å². The van der Waals surface area contributed by atoms with Gasteiger partial charge in [-0.25, -0.2) is 14.4 Å². The summed E-state index contributed by atoms with van der Waals surface area (Å²) < 4.78 is 10.3. The predicted molar refractivity (Wildman–Crippen MR) is 110 cm³/mol. The molecule has 0 aromatic heterocycles. The van der Waals surface area contributed by atoms with E-state index in [1.54, 1.807) is 37.3 Å². The van der Waals surface area contributed by atoms with E-state index in [1.165, 1.54) is 13.8 Å². The Labute approximate surface area is 184 Å². The minimum atomic E-state index is -1.12. The topological polar surface area (TPSA) is 143 Å². The molecule has 5 amide bonds. The first kappa shape index (κ1) is 22.8. The molecule has 1 aromatic carbocycles. The summed E-state index contributed by atoms with van der Waals surface area (Å²) in [6.45, 7) is 3.71. The third kappa shape index (κ3) is 4.71. The van der Waals surface area contributed by atoms with Crippen LogP contribution in [0.15, 0.2) is 41.6 Å². The fraction of sp³-hybridized carbons (Fsp3) is 0.381. The molecule has 1 saturated heterocycles. The van der Waals surface area contributed by atoms with Gasteiger partial charge in [0.25, 0.3) is 5.91 Å². The number of amides is 5. The van der Waals surface area contributed by atoms with E-state index in [0.717, 1.165) is 4.90 Å². The fourth-order valence-corrected chi connectivity index (χ4v) is 3.37. The lowest BCUT2D eigenvalue weighted by atomic mass is 9.95. The first-order valence-electron chi connectivity index (χ1n) is 9.96. The Morgan fingerprint density at radius 1 is 1.09 bits per heavy atom. The van der Waals surface area contributed by atoms with Crippen molar-refractivity contribution in [2.45, 2.75) is 32.4 Å². The van der Waals surface area contributed by atoms with Gasteiger partial charge in [0.15, 0.2) is 0 Å². The molecule has 2 aliphatic rings. The number of imide groups is 1. The summed E-state index contributed by atoms with van der Waals surface area (Å²) in [4.78, 5) is 62.1. The van der Waals surface area contributed by atoms with Crippen LogP contribution in [-0.4, -0.2) is 60.1 Å². The first-order valence-corrected chi connectivity index (χ1v) is 9.96. The Morgan fingerprint density at radius 3 is 2.38 bits per heavy atom. The SMILES string of the molecule is CCOC(=O)C1=C(COC(=O)CN2C(=O)NC(C)(C)C2=O)NC(=O)NC1c1ccccc1. The van der Waals surface area contributed by atoms with Crippen molar-refractivity contribution in [3.8, 4) is 0 Å². The number of carbonyl (C=O) groups is 5. The van der Waals surface area contributed by atoms with E-state index < -0.39 is 54.6 Å². The quantitative estimate of drug-likeness (QED) is 0.416. The van der Waals surface area contributed by atoms with Gasteiger partial charge in [0.1, 0.15) is 18.7 Å². The molecule has 0 aliphatic carbocycles. The molecule has 3 N–H and O–H groups in total. The molecule has 3 rings (SSSR count). The highest BCUT2D eigenvalue weighted by Gasteiger charge is 2.45. The number of nitrogens with zero attached hydrogens (tertiary/aromatic N) is 1. The summed E-state index contributed by atoms with van der Waals surface area (Å²) >= 11 is 0. The summed E-state index contributed by atoms with van der Waals surface area (Å²) in [5.74, 6) is -2.13. The number of ether oxygens (including phenoxy) is 2. The normalized spacial score (nSPS) is 19.8. The van der Waals surface area contributed by atoms with Crippen LogP contribution >= 0.6 is 0 Å². The molecule has 11 nitrogen and oxygen atoms in total. The Morgan fingerprint density at radius 2 is 1.78 bits per heavy atom. The van der Waals surface area contributed by atoms with Crippen molar-refractivity contribution in [3.05, 3.63) is 47.2 Å². The molecule has 0 saturated carbocycles. The summed E-state index contributed by atoms with van der Waals surface area (Å²) in [7, 11) is 0. The van der Waals surface area contributed by atoms with Crippen LogP contribution in [0, 0.1) is 0 Å². The molecule has 170 valence electrons. The lowest BCUT2D eigenvalue weighted by Crippen LogP contribution is -2.47. The molecule has 2 aliphatic heterocycles. The van der Waals surface area contributed by atoms with Gasteiger partial charge in [-0.3, -0.25) is 14.5 Å².